The highest BCUT2D eigenvalue weighted by Gasteiger charge is 2.15. The number of ether oxygens (including phenoxy) is 2. The molecule has 0 spiro atoms. The van der Waals surface area contributed by atoms with Crippen molar-refractivity contribution in [3.8, 4) is 5.19 Å². The van der Waals surface area contributed by atoms with Gasteiger partial charge in [0.25, 0.3) is 5.19 Å². The largest absolute Gasteiger partial charge is 0.466 e. The summed E-state index contributed by atoms with van der Waals surface area (Å²) in [6.07, 6.45) is 3.71. The summed E-state index contributed by atoms with van der Waals surface area (Å²) in [5.41, 5.74) is 0. The Kier molecular flexibility index (Phi) is 6.00. The molecule has 1 N–H and O–H groups in total. The second-order valence-electron chi connectivity index (χ2n) is 5.29. The Hall–Kier alpha value is -0.720. The Bertz CT molecular complexity index is 365. The van der Waals surface area contributed by atoms with Crippen molar-refractivity contribution in [2.45, 2.75) is 45.8 Å². The Labute approximate surface area is 118 Å². The Morgan fingerprint density at radius 2 is 2.32 bits per heavy atom. The van der Waals surface area contributed by atoms with E-state index in [1.165, 1.54) is 24.2 Å². The third-order valence-corrected chi connectivity index (χ3v) is 3.78. The molecule has 0 radical (unpaired) electrons. The standard InChI is InChI=1S/C13H23N3O2S/c1-10(2)7-14-8-12-15-16-13(19-12)18-9-11-5-3-4-6-17-11/h10-11,14H,3-9H2,1-2H3. The van der Waals surface area contributed by atoms with Crippen molar-refractivity contribution in [1.82, 2.24) is 15.5 Å². The van der Waals surface area contributed by atoms with Crippen molar-refractivity contribution in [2.24, 2.45) is 5.92 Å². The van der Waals surface area contributed by atoms with Crippen LogP contribution in [-0.4, -0.2) is 36.1 Å². The van der Waals surface area contributed by atoms with E-state index in [0.717, 1.165) is 31.1 Å². The van der Waals surface area contributed by atoms with Crippen LogP contribution in [0.3, 0.4) is 0 Å². The lowest BCUT2D eigenvalue weighted by molar-refractivity contribution is -0.0112. The summed E-state index contributed by atoms with van der Waals surface area (Å²) in [5, 5.41) is 13.1. The van der Waals surface area contributed by atoms with E-state index in [1.807, 2.05) is 0 Å². The van der Waals surface area contributed by atoms with Crippen LogP contribution in [0.15, 0.2) is 0 Å². The number of aromatic nitrogens is 2. The fraction of sp³-hybridized carbons (Fsp3) is 0.846. The van der Waals surface area contributed by atoms with Gasteiger partial charge in [-0.15, -0.1) is 10.2 Å². The summed E-state index contributed by atoms with van der Waals surface area (Å²) in [7, 11) is 0. The highest BCUT2D eigenvalue weighted by atomic mass is 32.1. The highest BCUT2D eigenvalue weighted by Crippen LogP contribution is 2.20. The van der Waals surface area contributed by atoms with Gasteiger partial charge in [0, 0.05) is 13.2 Å². The second-order valence-corrected chi connectivity index (χ2v) is 6.31. The summed E-state index contributed by atoms with van der Waals surface area (Å²) in [5.74, 6) is 0.645. The Morgan fingerprint density at radius 1 is 1.42 bits per heavy atom. The van der Waals surface area contributed by atoms with Crippen molar-refractivity contribution in [2.75, 3.05) is 19.8 Å². The molecular weight excluding hydrogens is 262 g/mol. The van der Waals surface area contributed by atoms with Gasteiger partial charge in [0.1, 0.15) is 11.6 Å². The van der Waals surface area contributed by atoms with Crippen molar-refractivity contribution in [1.29, 1.82) is 0 Å². The molecule has 5 nitrogen and oxygen atoms in total. The van der Waals surface area contributed by atoms with E-state index in [9.17, 15) is 0 Å². The van der Waals surface area contributed by atoms with Crippen LogP contribution in [0.1, 0.15) is 38.1 Å². The van der Waals surface area contributed by atoms with Gasteiger partial charge in [-0.05, 0) is 31.7 Å². The molecule has 1 atom stereocenters. The van der Waals surface area contributed by atoms with Crippen LogP contribution < -0.4 is 10.1 Å². The van der Waals surface area contributed by atoms with E-state index in [2.05, 4.69) is 29.4 Å². The highest BCUT2D eigenvalue weighted by molar-refractivity contribution is 7.13. The molecule has 1 unspecified atom stereocenters. The van der Waals surface area contributed by atoms with Crippen molar-refractivity contribution in [3.05, 3.63) is 5.01 Å². The Balaban J connectivity index is 1.68. The van der Waals surface area contributed by atoms with E-state index in [0.29, 0.717) is 17.7 Å². The van der Waals surface area contributed by atoms with Crippen LogP contribution in [-0.2, 0) is 11.3 Å². The van der Waals surface area contributed by atoms with Gasteiger partial charge in [0.15, 0.2) is 0 Å². The van der Waals surface area contributed by atoms with Gasteiger partial charge >= 0.3 is 0 Å². The zero-order valence-electron chi connectivity index (χ0n) is 11.7. The summed E-state index contributed by atoms with van der Waals surface area (Å²) >= 11 is 1.51. The van der Waals surface area contributed by atoms with E-state index in [4.69, 9.17) is 9.47 Å². The average molecular weight is 285 g/mol. The van der Waals surface area contributed by atoms with Gasteiger partial charge in [-0.1, -0.05) is 25.2 Å². The maximum atomic E-state index is 5.65. The molecule has 2 rings (SSSR count). The van der Waals surface area contributed by atoms with Crippen molar-refractivity contribution >= 4 is 11.3 Å². The first-order valence-electron chi connectivity index (χ1n) is 7.01. The summed E-state index contributed by atoms with van der Waals surface area (Å²) < 4.78 is 11.3. The summed E-state index contributed by atoms with van der Waals surface area (Å²) in [6, 6.07) is 0. The number of nitrogens with zero attached hydrogens (tertiary/aromatic N) is 2. The molecule has 108 valence electrons. The topological polar surface area (TPSA) is 56.3 Å². The summed E-state index contributed by atoms with van der Waals surface area (Å²) in [6.45, 7) is 7.57. The first-order valence-corrected chi connectivity index (χ1v) is 7.83. The zero-order valence-corrected chi connectivity index (χ0v) is 12.5. The predicted molar refractivity (Wildman–Crippen MR) is 75.5 cm³/mol. The normalized spacial score (nSPS) is 19.8. The van der Waals surface area contributed by atoms with E-state index < -0.39 is 0 Å². The van der Waals surface area contributed by atoms with Crippen LogP contribution in [0.5, 0.6) is 5.19 Å². The van der Waals surface area contributed by atoms with Crippen LogP contribution in [0.2, 0.25) is 0 Å². The van der Waals surface area contributed by atoms with Crippen molar-refractivity contribution in [3.63, 3.8) is 0 Å². The minimum absolute atomic E-state index is 0.222. The molecule has 1 saturated heterocycles. The molecule has 1 aliphatic rings. The lowest BCUT2D eigenvalue weighted by atomic mass is 10.1. The third-order valence-electron chi connectivity index (χ3n) is 2.94. The van der Waals surface area contributed by atoms with E-state index in [1.54, 1.807) is 0 Å². The smallest absolute Gasteiger partial charge is 0.294 e. The first-order chi connectivity index (χ1) is 9.24. The lowest BCUT2D eigenvalue weighted by Gasteiger charge is -2.21. The molecular formula is C13H23N3O2S. The minimum Gasteiger partial charge on any atom is -0.466 e. The number of hydrogen-bond donors (Lipinski definition) is 1. The predicted octanol–water partition coefficient (Wildman–Crippen LogP) is 2.23. The van der Waals surface area contributed by atoms with Crippen LogP contribution in [0.4, 0.5) is 0 Å². The molecule has 0 aliphatic carbocycles. The number of hydrogen-bond acceptors (Lipinski definition) is 6. The number of rotatable bonds is 7. The lowest BCUT2D eigenvalue weighted by Crippen LogP contribution is -2.25. The van der Waals surface area contributed by atoms with Gasteiger partial charge in [0.05, 0.1) is 6.10 Å². The second kappa shape index (κ2) is 7.77. The molecule has 0 aromatic carbocycles. The quantitative estimate of drug-likeness (QED) is 0.832. The minimum atomic E-state index is 0.222. The van der Waals surface area contributed by atoms with Gasteiger partial charge in [0.2, 0.25) is 0 Å². The van der Waals surface area contributed by atoms with E-state index >= 15 is 0 Å². The monoisotopic (exact) mass is 285 g/mol. The maximum absolute atomic E-state index is 5.65. The van der Waals surface area contributed by atoms with Crippen LogP contribution in [0.25, 0.3) is 0 Å². The number of nitrogens with one attached hydrogen (secondary N) is 1. The SMILES string of the molecule is CC(C)CNCc1nnc(OCC2CCCCO2)s1. The van der Waals surface area contributed by atoms with E-state index in [-0.39, 0.29) is 6.10 Å². The molecule has 1 aromatic heterocycles. The molecule has 0 bridgehead atoms. The molecule has 1 aliphatic heterocycles. The Morgan fingerprint density at radius 3 is 3.05 bits per heavy atom. The fourth-order valence-corrected chi connectivity index (χ4v) is 2.60. The molecule has 2 heterocycles. The maximum Gasteiger partial charge on any atom is 0.294 e. The average Bonchev–Trinajstić information content (AvgIpc) is 2.85. The molecule has 0 saturated carbocycles. The molecule has 1 aromatic rings. The third kappa shape index (κ3) is 5.42. The fourth-order valence-electron chi connectivity index (χ4n) is 1.94. The first kappa shape index (κ1) is 14.7. The zero-order chi connectivity index (χ0) is 13.5. The molecule has 6 heteroatoms. The molecule has 0 amide bonds. The van der Waals surface area contributed by atoms with Crippen LogP contribution >= 0.6 is 11.3 Å². The molecule has 1 fully saturated rings. The molecule has 19 heavy (non-hydrogen) atoms. The van der Waals surface area contributed by atoms with Gasteiger partial charge in [-0.2, -0.15) is 0 Å². The van der Waals surface area contributed by atoms with Crippen LogP contribution in [0, 0.1) is 5.92 Å². The van der Waals surface area contributed by atoms with Gasteiger partial charge in [-0.25, -0.2) is 0 Å². The summed E-state index contributed by atoms with van der Waals surface area (Å²) in [4.78, 5) is 0. The van der Waals surface area contributed by atoms with Gasteiger partial charge in [-0.3, -0.25) is 0 Å². The van der Waals surface area contributed by atoms with Gasteiger partial charge < -0.3 is 14.8 Å². The van der Waals surface area contributed by atoms with Crippen molar-refractivity contribution < 1.29 is 9.47 Å².